The second-order valence-corrected chi connectivity index (χ2v) is 4.02. The van der Waals surface area contributed by atoms with Gasteiger partial charge in [0.25, 0.3) is 0 Å². The summed E-state index contributed by atoms with van der Waals surface area (Å²) < 4.78 is 5.59. The summed E-state index contributed by atoms with van der Waals surface area (Å²) in [4.78, 5) is 4.02. The number of hydrogen-bond acceptors (Lipinski definition) is 6. The van der Waals surface area contributed by atoms with E-state index in [1.54, 1.807) is 6.07 Å². The average molecular weight is 269 g/mol. The summed E-state index contributed by atoms with van der Waals surface area (Å²) in [5.74, 6) is 0.432. The van der Waals surface area contributed by atoms with Gasteiger partial charge >= 0.3 is 0 Å². The van der Waals surface area contributed by atoms with Crippen molar-refractivity contribution in [3.63, 3.8) is 0 Å². The first-order chi connectivity index (χ1) is 9.84. The van der Waals surface area contributed by atoms with E-state index < -0.39 is 0 Å². The molecule has 0 fully saturated rings. The van der Waals surface area contributed by atoms with Crippen LogP contribution < -0.4 is 4.74 Å². The van der Waals surface area contributed by atoms with Gasteiger partial charge in [-0.15, -0.1) is 10.2 Å². The Morgan fingerprint density at radius 1 is 1.15 bits per heavy atom. The maximum Gasteiger partial charge on any atom is 0.226 e. The van der Waals surface area contributed by atoms with Crippen molar-refractivity contribution in [2.24, 2.45) is 0 Å². The third-order valence-electron chi connectivity index (χ3n) is 2.68. The van der Waals surface area contributed by atoms with Crippen molar-refractivity contribution in [2.45, 2.75) is 6.61 Å². The van der Waals surface area contributed by atoms with Crippen LogP contribution in [0.25, 0.3) is 11.5 Å². The molecule has 100 valence electrons. The molecule has 0 saturated heterocycles. The maximum atomic E-state index is 10.1. The molecule has 20 heavy (non-hydrogen) atoms. The molecule has 0 bridgehead atoms. The van der Waals surface area contributed by atoms with Gasteiger partial charge in [-0.2, -0.15) is 5.21 Å². The molecule has 1 aromatic carbocycles. The Morgan fingerprint density at radius 2 is 2.00 bits per heavy atom. The van der Waals surface area contributed by atoms with E-state index in [0.29, 0.717) is 12.4 Å². The molecule has 3 aromatic rings. The van der Waals surface area contributed by atoms with Gasteiger partial charge < -0.3 is 9.84 Å². The molecule has 2 heterocycles. The highest BCUT2D eigenvalue weighted by atomic mass is 16.5. The second-order valence-electron chi connectivity index (χ2n) is 4.02. The van der Waals surface area contributed by atoms with Gasteiger partial charge in [0.15, 0.2) is 17.2 Å². The molecule has 0 radical (unpaired) electrons. The summed E-state index contributed by atoms with van der Waals surface area (Å²) in [6, 6.07) is 11.3. The Kier molecular flexibility index (Phi) is 3.24. The van der Waals surface area contributed by atoms with E-state index in [9.17, 15) is 5.11 Å². The Labute approximate surface area is 114 Å². The normalized spacial score (nSPS) is 10.4. The minimum Gasteiger partial charge on any atom is -0.503 e. The van der Waals surface area contributed by atoms with Crippen molar-refractivity contribution < 1.29 is 9.84 Å². The van der Waals surface area contributed by atoms with Crippen molar-refractivity contribution in [2.75, 3.05) is 0 Å². The number of ether oxygens (including phenoxy) is 1. The zero-order valence-corrected chi connectivity index (χ0v) is 10.4. The third-order valence-corrected chi connectivity index (χ3v) is 2.68. The van der Waals surface area contributed by atoms with Crippen molar-refractivity contribution in [1.29, 1.82) is 0 Å². The Balaban J connectivity index is 1.82. The average Bonchev–Trinajstić information content (AvgIpc) is 3.01. The number of nitrogens with zero attached hydrogens (tertiary/aromatic N) is 4. The number of pyridine rings is 1. The molecular weight excluding hydrogens is 258 g/mol. The molecule has 7 nitrogen and oxygen atoms in total. The van der Waals surface area contributed by atoms with Crippen LogP contribution in [0.15, 0.2) is 42.6 Å². The molecule has 2 N–H and O–H groups in total. The van der Waals surface area contributed by atoms with Crippen LogP contribution in [-0.4, -0.2) is 30.7 Å². The number of tetrazole rings is 1. The lowest BCUT2D eigenvalue weighted by Gasteiger charge is -2.09. The smallest absolute Gasteiger partial charge is 0.226 e. The highest BCUT2D eigenvalue weighted by molar-refractivity contribution is 5.62. The number of hydrogen-bond donors (Lipinski definition) is 2. The fourth-order valence-corrected chi connectivity index (χ4v) is 1.71. The predicted octanol–water partition coefficient (Wildman–Crippen LogP) is 1.55. The number of nitrogens with one attached hydrogen (secondary N) is 1. The van der Waals surface area contributed by atoms with Gasteiger partial charge in [-0.25, -0.2) is 4.98 Å². The molecule has 0 spiro atoms. The second kappa shape index (κ2) is 5.35. The Morgan fingerprint density at radius 3 is 2.75 bits per heavy atom. The van der Waals surface area contributed by atoms with Crippen LogP contribution in [-0.2, 0) is 6.61 Å². The third kappa shape index (κ3) is 2.41. The van der Waals surface area contributed by atoms with Crippen LogP contribution in [0.4, 0.5) is 0 Å². The maximum absolute atomic E-state index is 10.1. The summed E-state index contributed by atoms with van der Waals surface area (Å²) in [5, 5.41) is 23.4. The van der Waals surface area contributed by atoms with Gasteiger partial charge in [-0.3, -0.25) is 0 Å². The van der Waals surface area contributed by atoms with Crippen LogP contribution in [0.1, 0.15) is 5.56 Å². The fourth-order valence-electron chi connectivity index (χ4n) is 1.71. The minimum atomic E-state index is -0.107. The lowest BCUT2D eigenvalue weighted by Crippen LogP contribution is -1.97. The number of benzene rings is 1. The molecule has 0 aliphatic rings. The van der Waals surface area contributed by atoms with Gasteiger partial charge in [0.1, 0.15) is 6.61 Å². The lowest BCUT2D eigenvalue weighted by molar-refractivity contribution is 0.289. The van der Waals surface area contributed by atoms with E-state index in [1.165, 1.54) is 6.20 Å². The van der Waals surface area contributed by atoms with Crippen LogP contribution in [0.2, 0.25) is 0 Å². The zero-order chi connectivity index (χ0) is 13.8. The van der Waals surface area contributed by atoms with E-state index >= 15 is 0 Å². The van der Waals surface area contributed by atoms with E-state index in [1.807, 2.05) is 30.3 Å². The zero-order valence-electron chi connectivity index (χ0n) is 10.4. The van der Waals surface area contributed by atoms with E-state index in [2.05, 4.69) is 25.6 Å². The molecule has 0 unspecified atom stereocenters. The van der Waals surface area contributed by atoms with Crippen LogP contribution >= 0.6 is 0 Å². The molecule has 0 aliphatic carbocycles. The van der Waals surface area contributed by atoms with Crippen LogP contribution in [0.5, 0.6) is 11.5 Å². The summed E-state index contributed by atoms with van der Waals surface area (Å²) in [6.07, 6.45) is 1.52. The molecule has 3 rings (SSSR count). The van der Waals surface area contributed by atoms with Crippen LogP contribution in [0.3, 0.4) is 0 Å². The first kappa shape index (κ1) is 12.1. The number of rotatable bonds is 4. The quantitative estimate of drug-likeness (QED) is 0.745. The number of aromatic nitrogens is 5. The Bertz CT molecular complexity index is 685. The molecule has 0 saturated carbocycles. The lowest BCUT2D eigenvalue weighted by atomic mass is 10.2. The summed E-state index contributed by atoms with van der Waals surface area (Å²) >= 11 is 0. The molecule has 2 aromatic heterocycles. The largest absolute Gasteiger partial charge is 0.503 e. The van der Waals surface area contributed by atoms with Gasteiger partial charge in [-0.1, -0.05) is 30.3 Å². The van der Waals surface area contributed by atoms with Gasteiger partial charge in [0.05, 0.1) is 0 Å². The van der Waals surface area contributed by atoms with Crippen LogP contribution in [0, 0.1) is 0 Å². The van der Waals surface area contributed by atoms with Crippen molar-refractivity contribution in [3.05, 3.63) is 48.2 Å². The van der Waals surface area contributed by atoms with Gasteiger partial charge in [0, 0.05) is 12.3 Å². The Hall–Kier alpha value is -2.96. The highest BCUT2D eigenvalue weighted by Gasteiger charge is 2.15. The minimum absolute atomic E-state index is 0.107. The number of aromatic amines is 1. The number of H-pyrrole nitrogens is 1. The predicted molar refractivity (Wildman–Crippen MR) is 69.8 cm³/mol. The first-order valence-corrected chi connectivity index (χ1v) is 5.93. The van der Waals surface area contributed by atoms with Gasteiger partial charge in [-0.05, 0) is 10.8 Å². The molecule has 0 amide bonds. The van der Waals surface area contributed by atoms with Crippen molar-refractivity contribution in [3.8, 4) is 23.0 Å². The monoisotopic (exact) mass is 269 g/mol. The molecule has 0 aliphatic heterocycles. The number of aromatic hydroxyl groups is 1. The van der Waals surface area contributed by atoms with Crippen molar-refractivity contribution in [1.82, 2.24) is 25.6 Å². The summed E-state index contributed by atoms with van der Waals surface area (Å²) in [6.45, 7) is 0.351. The summed E-state index contributed by atoms with van der Waals surface area (Å²) in [7, 11) is 0. The van der Waals surface area contributed by atoms with Crippen molar-refractivity contribution >= 4 is 0 Å². The molecular formula is C13H11N5O2. The van der Waals surface area contributed by atoms with Gasteiger partial charge in [0.2, 0.25) is 5.82 Å². The molecule has 0 atom stereocenters. The highest BCUT2D eigenvalue weighted by Crippen LogP contribution is 2.33. The standard InChI is InChI=1S/C13H11N5O2/c19-12-10(20-8-9-4-2-1-3-5-9)6-7-14-11(12)13-15-17-18-16-13/h1-7,19H,8H2,(H,15,16,17,18). The van der Waals surface area contributed by atoms with E-state index in [-0.39, 0.29) is 17.3 Å². The summed E-state index contributed by atoms with van der Waals surface area (Å²) in [5.41, 5.74) is 1.23. The SMILES string of the molecule is Oc1c(OCc2ccccc2)ccnc1-c1nn[nH]n1. The topological polar surface area (TPSA) is 96.8 Å². The molecule has 7 heteroatoms. The first-order valence-electron chi connectivity index (χ1n) is 5.93. The fraction of sp³-hybridized carbons (Fsp3) is 0.0769. The van der Waals surface area contributed by atoms with E-state index in [0.717, 1.165) is 5.56 Å². The van der Waals surface area contributed by atoms with E-state index in [4.69, 9.17) is 4.74 Å².